The number of piperidine rings is 1. The topological polar surface area (TPSA) is 61.9 Å². The summed E-state index contributed by atoms with van der Waals surface area (Å²) >= 11 is 1.77. The third kappa shape index (κ3) is 3.83. The van der Waals surface area contributed by atoms with Crippen LogP contribution in [0.2, 0.25) is 0 Å². The van der Waals surface area contributed by atoms with Crippen molar-refractivity contribution in [3.05, 3.63) is 29.8 Å². The fourth-order valence-corrected chi connectivity index (χ4v) is 5.44. The van der Waals surface area contributed by atoms with Gasteiger partial charge in [0.05, 0.1) is 12.0 Å². The number of nitrogens with one attached hydrogen (secondary N) is 1. The van der Waals surface area contributed by atoms with Crippen molar-refractivity contribution >= 4 is 23.6 Å². The monoisotopic (exact) mass is 377 g/mol. The van der Waals surface area contributed by atoms with Gasteiger partial charge in [-0.2, -0.15) is 0 Å². The second kappa shape index (κ2) is 7.88. The maximum Gasteiger partial charge on any atom is 0.243 e. The van der Waals surface area contributed by atoms with Gasteiger partial charge in [0.2, 0.25) is 11.8 Å². The lowest BCUT2D eigenvalue weighted by Gasteiger charge is -2.44. The molecule has 0 aromatic heterocycles. The standard InChI is InChI=1S/C19H27N3O3S/c1-14(23)22-17(13-26-19(22)7-9-21(2)10-8-19)18(24)20-12-15-5-4-6-16(11-15)25-3/h4-6,11,17H,7-10,12-13H2,1-3H3,(H,20,24)/t17-/m1/s1. The van der Waals surface area contributed by atoms with Gasteiger partial charge in [-0.3, -0.25) is 9.59 Å². The number of carbonyl (C=O) groups is 2. The Hall–Kier alpha value is -1.73. The Morgan fingerprint density at radius 1 is 1.35 bits per heavy atom. The van der Waals surface area contributed by atoms with Crippen molar-refractivity contribution in [2.24, 2.45) is 0 Å². The van der Waals surface area contributed by atoms with Crippen LogP contribution in [0.5, 0.6) is 5.75 Å². The molecule has 3 rings (SSSR count). The van der Waals surface area contributed by atoms with Crippen LogP contribution in [-0.2, 0) is 16.1 Å². The number of hydrogen-bond acceptors (Lipinski definition) is 5. The van der Waals surface area contributed by atoms with Crippen LogP contribution >= 0.6 is 11.8 Å². The Labute approximate surface area is 159 Å². The predicted molar refractivity (Wildman–Crippen MR) is 103 cm³/mol. The zero-order valence-corrected chi connectivity index (χ0v) is 16.5. The predicted octanol–water partition coefficient (Wildman–Crippen LogP) is 1.70. The minimum absolute atomic E-state index is 0.0129. The van der Waals surface area contributed by atoms with Crippen LogP contribution in [-0.4, -0.2) is 65.5 Å². The minimum atomic E-state index is -0.397. The van der Waals surface area contributed by atoms with Crippen LogP contribution in [0.3, 0.4) is 0 Å². The van der Waals surface area contributed by atoms with Crippen molar-refractivity contribution in [1.82, 2.24) is 15.1 Å². The molecule has 7 heteroatoms. The van der Waals surface area contributed by atoms with Gasteiger partial charge in [0.1, 0.15) is 11.8 Å². The molecule has 0 bridgehead atoms. The summed E-state index contributed by atoms with van der Waals surface area (Å²) in [6, 6.07) is 7.24. The Morgan fingerprint density at radius 2 is 2.08 bits per heavy atom. The number of nitrogens with zero attached hydrogens (tertiary/aromatic N) is 2. The van der Waals surface area contributed by atoms with Gasteiger partial charge in [-0.15, -0.1) is 11.8 Å². The van der Waals surface area contributed by atoms with E-state index in [0.29, 0.717) is 12.3 Å². The molecule has 2 fully saturated rings. The highest BCUT2D eigenvalue weighted by Crippen LogP contribution is 2.46. The normalized spacial score (nSPS) is 22.4. The average Bonchev–Trinajstić information content (AvgIpc) is 3.02. The van der Waals surface area contributed by atoms with E-state index in [4.69, 9.17) is 4.74 Å². The summed E-state index contributed by atoms with van der Waals surface area (Å²) in [5, 5.41) is 3.00. The van der Waals surface area contributed by atoms with E-state index in [9.17, 15) is 9.59 Å². The highest BCUT2D eigenvalue weighted by molar-refractivity contribution is 8.01. The summed E-state index contributed by atoms with van der Waals surface area (Å²) in [6.45, 7) is 3.91. The van der Waals surface area contributed by atoms with Crippen molar-refractivity contribution in [1.29, 1.82) is 0 Å². The number of amides is 2. The number of thioether (sulfide) groups is 1. The average molecular weight is 378 g/mol. The number of benzene rings is 1. The molecule has 6 nitrogen and oxygen atoms in total. The summed E-state index contributed by atoms with van der Waals surface area (Å²) in [4.78, 5) is 29.1. The maximum absolute atomic E-state index is 12.8. The van der Waals surface area contributed by atoms with Crippen LogP contribution in [0, 0.1) is 0 Å². The Balaban J connectivity index is 1.67. The van der Waals surface area contributed by atoms with E-state index < -0.39 is 6.04 Å². The number of ether oxygens (including phenoxy) is 1. The second-order valence-electron chi connectivity index (χ2n) is 7.03. The molecule has 2 heterocycles. The van der Waals surface area contributed by atoms with E-state index in [1.807, 2.05) is 29.2 Å². The van der Waals surface area contributed by atoms with Crippen LogP contribution in [0.15, 0.2) is 24.3 Å². The zero-order valence-electron chi connectivity index (χ0n) is 15.7. The maximum atomic E-state index is 12.8. The van der Waals surface area contributed by atoms with Crippen LogP contribution in [0.25, 0.3) is 0 Å². The fraction of sp³-hybridized carbons (Fsp3) is 0.579. The van der Waals surface area contributed by atoms with Crippen molar-refractivity contribution < 1.29 is 14.3 Å². The van der Waals surface area contributed by atoms with Gasteiger partial charge >= 0.3 is 0 Å². The highest BCUT2D eigenvalue weighted by atomic mass is 32.2. The summed E-state index contributed by atoms with van der Waals surface area (Å²) in [5.74, 6) is 1.34. The Morgan fingerprint density at radius 3 is 2.73 bits per heavy atom. The van der Waals surface area contributed by atoms with Crippen molar-refractivity contribution in [2.45, 2.75) is 37.2 Å². The number of methoxy groups -OCH3 is 1. The molecule has 1 aromatic carbocycles. The molecule has 1 spiro atoms. The summed E-state index contributed by atoms with van der Waals surface area (Å²) in [7, 11) is 3.72. The van der Waals surface area contributed by atoms with Crippen LogP contribution in [0.4, 0.5) is 0 Å². The Bertz CT molecular complexity index is 674. The van der Waals surface area contributed by atoms with Crippen molar-refractivity contribution in [3.63, 3.8) is 0 Å². The summed E-state index contributed by atoms with van der Waals surface area (Å²) < 4.78 is 5.22. The zero-order chi connectivity index (χ0) is 18.7. The molecule has 0 aliphatic carbocycles. The number of likely N-dealkylation sites (tertiary alicyclic amines) is 1. The molecule has 0 radical (unpaired) electrons. The first-order valence-corrected chi connectivity index (χ1v) is 9.97. The highest BCUT2D eigenvalue weighted by Gasteiger charge is 2.51. The van der Waals surface area contributed by atoms with Crippen molar-refractivity contribution in [3.8, 4) is 5.75 Å². The van der Waals surface area contributed by atoms with E-state index in [0.717, 1.165) is 37.2 Å². The van der Waals surface area contributed by atoms with Gasteiger partial charge in [-0.1, -0.05) is 12.1 Å². The summed E-state index contributed by atoms with van der Waals surface area (Å²) in [5.41, 5.74) is 0.978. The molecule has 2 saturated heterocycles. The number of hydrogen-bond donors (Lipinski definition) is 1. The number of rotatable bonds is 4. The lowest BCUT2D eigenvalue weighted by molar-refractivity contribution is -0.142. The largest absolute Gasteiger partial charge is 0.497 e. The van der Waals surface area contributed by atoms with E-state index in [1.165, 1.54) is 0 Å². The lowest BCUT2D eigenvalue weighted by atomic mass is 10.0. The quantitative estimate of drug-likeness (QED) is 0.865. The van der Waals surface area contributed by atoms with Gasteiger partial charge in [0.15, 0.2) is 0 Å². The fourth-order valence-electron chi connectivity index (χ4n) is 3.80. The van der Waals surface area contributed by atoms with Gasteiger partial charge in [0.25, 0.3) is 0 Å². The SMILES string of the molecule is COc1cccc(CNC(=O)[C@H]2CSC3(CCN(C)CC3)N2C(C)=O)c1. The molecule has 26 heavy (non-hydrogen) atoms. The molecule has 2 amide bonds. The smallest absolute Gasteiger partial charge is 0.243 e. The van der Waals surface area contributed by atoms with Crippen molar-refractivity contribution in [2.75, 3.05) is 33.0 Å². The third-order valence-corrected chi connectivity index (χ3v) is 6.90. The second-order valence-corrected chi connectivity index (χ2v) is 8.42. The van der Waals surface area contributed by atoms with Crippen LogP contribution < -0.4 is 10.1 Å². The molecule has 0 unspecified atom stereocenters. The van der Waals surface area contributed by atoms with E-state index in [1.54, 1.807) is 25.8 Å². The first-order chi connectivity index (χ1) is 12.4. The van der Waals surface area contributed by atoms with E-state index >= 15 is 0 Å². The van der Waals surface area contributed by atoms with Gasteiger partial charge in [-0.25, -0.2) is 0 Å². The minimum Gasteiger partial charge on any atom is -0.497 e. The molecule has 0 saturated carbocycles. The summed E-state index contributed by atoms with van der Waals surface area (Å²) in [6.07, 6.45) is 1.82. The molecule has 2 aliphatic heterocycles. The first-order valence-electron chi connectivity index (χ1n) is 8.98. The molecule has 142 valence electrons. The molecular formula is C19H27N3O3S. The Kier molecular flexibility index (Phi) is 5.77. The van der Waals surface area contributed by atoms with E-state index in [-0.39, 0.29) is 16.7 Å². The third-order valence-electron chi connectivity index (χ3n) is 5.27. The lowest BCUT2D eigenvalue weighted by Crippen LogP contribution is -2.57. The molecule has 1 atom stereocenters. The first kappa shape index (κ1) is 19.0. The van der Waals surface area contributed by atoms with Crippen LogP contribution in [0.1, 0.15) is 25.3 Å². The molecule has 2 aliphatic rings. The molecule has 1 N–H and O–H groups in total. The van der Waals surface area contributed by atoms with Gasteiger partial charge in [-0.05, 0) is 37.6 Å². The molecule has 1 aromatic rings. The molecular weight excluding hydrogens is 350 g/mol. The number of carbonyl (C=O) groups excluding carboxylic acids is 2. The van der Waals surface area contributed by atoms with Gasteiger partial charge < -0.3 is 19.9 Å². The van der Waals surface area contributed by atoms with E-state index in [2.05, 4.69) is 17.3 Å². The van der Waals surface area contributed by atoms with Gasteiger partial charge in [0, 0.05) is 32.3 Å².